The van der Waals surface area contributed by atoms with E-state index in [2.05, 4.69) is 62.5 Å². The Morgan fingerprint density at radius 2 is 0.900 bits per heavy atom. The van der Waals surface area contributed by atoms with Crippen molar-refractivity contribution in [2.45, 2.75) is 213 Å². The van der Waals surface area contributed by atoms with Gasteiger partial charge in [-0.15, -0.1) is 0 Å². The van der Waals surface area contributed by atoms with Gasteiger partial charge in [-0.3, -0.25) is 14.2 Å². The molecule has 0 saturated heterocycles. The van der Waals surface area contributed by atoms with Crippen LogP contribution < -0.4 is 4.89 Å². The number of phosphoric ester groups is 1. The number of hydrogen-bond acceptors (Lipinski definition) is 8. The van der Waals surface area contributed by atoms with Gasteiger partial charge in [-0.1, -0.05) is 165 Å². The summed E-state index contributed by atoms with van der Waals surface area (Å²) in [4.78, 5) is 37.7. The highest BCUT2D eigenvalue weighted by molar-refractivity contribution is 7.45. The lowest BCUT2D eigenvalue weighted by Crippen LogP contribution is -2.37. The van der Waals surface area contributed by atoms with E-state index in [0.29, 0.717) is 17.4 Å². The highest BCUT2D eigenvalue weighted by Crippen LogP contribution is 2.38. The van der Waals surface area contributed by atoms with Gasteiger partial charge in [0.1, 0.15) is 19.8 Å². The minimum Gasteiger partial charge on any atom is -0.756 e. The van der Waals surface area contributed by atoms with E-state index in [9.17, 15) is 19.0 Å². The van der Waals surface area contributed by atoms with E-state index in [0.717, 1.165) is 70.6 Å². The fourth-order valence-electron chi connectivity index (χ4n) is 6.48. The second-order valence-corrected chi connectivity index (χ2v) is 18.9. The molecule has 0 bridgehead atoms. The fourth-order valence-corrected chi connectivity index (χ4v) is 7.21. The number of unbranched alkanes of at least 4 members (excludes halogenated alkanes) is 22. The largest absolute Gasteiger partial charge is 0.756 e. The summed E-state index contributed by atoms with van der Waals surface area (Å²) >= 11 is 0. The lowest BCUT2D eigenvalue weighted by molar-refractivity contribution is -0.870. The van der Waals surface area contributed by atoms with Crippen LogP contribution in [0.4, 0.5) is 0 Å². The molecule has 350 valence electrons. The summed E-state index contributed by atoms with van der Waals surface area (Å²) in [5.41, 5.74) is 0. The van der Waals surface area contributed by atoms with Gasteiger partial charge in [0.2, 0.25) is 0 Å². The maximum Gasteiger partial charge on any atom is 0.306 e. The molecule has 0 saturated carbocycles. The molecule has 1 unspecified atom stereocenters. The highest BCUT2D eigenvalue weighted by Gasteiger charge is 2.21. The zero-order valence-corrected chi connectivity index (χ0v) is 40.3. The van der Waals surface area contributed by atoms with Gasteiger partial charge >= 0.3 is 11.9 Å². The maximum absolute atomic E-state index is 12.7. The normalized spacial score (nSPS) is 13.9. The Morgan fingerprint density at radius 3 is 1.32 bits per heavy atom. The van der Waals surface area contributed by atoms with Gasteiger partial charge in [-0.2, -0.15) is 0 Å². The van der Waals surface area contributed by atoms with Crippen molar-refractivity contribution in [1.29, 1.82) is 0 Å². The van der Waals surface area contributed by atoms with Crippen molar-refractivity contribution in [3.05, 3.63) is 48.6 Å². The molecule has 0 aliphatic carbocycles. The zero-order valence-electron chi connectivity index (χ0n) is 39.4. The second-order valence-electron chi connectivity index (χ2n) is 17.5. The molecular weight excluding hydrogens is 774 g/mol. The van der Waals surface area contributed by atoms with Crippen molar-refractivity contribution in [2.24, 2.45) is 0 Å². The van der Waals surface area contributed by atoms with E-state index in [1.54, 1.807) is 0 Å². The van der Waals surface area contributed by atoms with Crippen LogP contribution in [0.2, 0.25) is 0 Å². The molecule has 9 nitrogen and oxygen atoms in total. The number of esters is 2. The first-order valence-electron chi connectivity index (χ1n) is 24.3. The number of carbonyl (C=O) groups is 2. The van der Waals surface area contributed by atoms with Crippen LogP contribution in [0.3, 0.4) is 0 Å². The Bertz CT molecular complexity index is 1160. The Kier molecular flexibility index (Phi) is 40.8. The van der Waals surface area contributed by atoms with E-state index in [-0.39, 0.29) is 26.1 Å². The zero-order chi connectivity index (χ0) is 44.3. The van der Waals surface area contributed by atoms with Crippen LogP contribution in [-0.2, 0) is 32.7 Å². The molecule has 0 aliphatic heterocycles. The minimum atomic E-state index is -4.63. The molecule has 2 atom stereocenters. The number of nitrogens with zero attached hydrogens (tertiary/aromatic N) is 1. The van der Waals surface area contributed by atoms with E-state index in [1.165, 1.54) is 103 Å². The summed E-state index contributed by atoms with van der Waals surface area (Å²) in [6.07, 6.45) is 49.8. The predicted octanol–water partition coefficient (Wildman–Crippen LogP) is 13.6. The van der Waals surface area contributed by atoms with Crippen LogP contribution in [0.25, 0.3) is 0 Å². The number of carbonyl (C=O) groups excluding carboxylic acids is 2. The van der Waals surface area contributed by atoms with Crippen LogP contribution in [0.15, 0.2) is 48.6 Å². The van der Waals surface area contributed by atoms with Gasteiger partial charge in [0, 0.05) is 12.8 Å². The van der Waals surface area contributed by atoms with Gasteiger partial charge in [0.15, 0.2) is 6.10 Å². The molecule has 0 spiro atoms. The van der Waals surface area contributed by atoms with E-state index < -0.39 is 32.5 Å². The van der Waals surface area contributed by atoms with Gasteiger partial charge in [-0.25, -0.2) is 0 Å². The monoisotopic (exact) mass is 866 g/mol. The van der Waals surface area contributed by atoms with Gasteiger partial charge < -0.3 is 27.9 Å². The van der Waals surface area contributed by atoms with Gasteiger partial charge in [0.25, 0.3) is 7.82 Å². The molecule has 0 aliphatic rings. The van der Waals surface area contributed by atoms with Crippen molar-refractivity contribution < 1.29 is 42.1 Å². The van der Waals surface area contributed by atoms with Crippen LogP contribution >= 0.6 is 7.82 Å². The number of quaternary nitrogens is 1. The van der Waals surface area contributed by atoms with E-state index in [1.807, 2.05) is 21.1 Å². The molecule has 0 fully saturated rings. The molecule has 0 aromatic heterocycles. The first-order chi connectivity index (χ1) is 29.0. The fraction of sp³-hybridized carbons (Fsp3) is 0.800. The Hall–Kier alpha value is -2.03. The summed E-state index contributed by atoms with van der Waals surface area (Å²) in [6, 6.07) is 0. The quantitative estimate of drug-likeness (QED) is 0.0196. The standard InChI is InChI=1S/C50H92NO8P/c1-6-8-10-12-14-16-18-20-22-24-25-27-29-31-33-35-37-39-41-43-50(53)59-48(47-58-60(54,55)57-45-44-51(3,4)5)46-56-49(52)42-40-38-36-34-32-30-28-26-23-21-19-17-15-13-11-9-7-2/h14-17,20-23,48H,6-13,18-19,24-47H2,1-5H3/b16-14-,17-15-,22-20-,23-21-/t48-/m1/s1. The van der Waals surface area contributed by atoms with E-state index in [4.69, 9.17) is 18.5 Å². The van der Waals surface area contributed by atoms with Crippen molar-refractivity contribution in [2.75, 3.05) is 47.5 Å². The van der Waals surface area contributed by atoms with Crippen LogP contribution in [-0.4, -0.2) is 70.0 Å². The Morgan fingerprint density at radius 1 is 0.517 bits per heavy atom. The lowest BCUT2D eigenvalue weighted by atomic mass is 10.1. The smallest absolute Gasteiger partial charge is 0.306 e. The molecule has 0 radical (unpaired) electrons. The minimum absolute atomic E-state index is 0.0341. The summed E-state index contributed by atoms with van der Waals surface area (Å²) in [5.74, 6) is -0.846. The summed E-state index contributed by atoms with van der Waals surface area (Å²) < 4.78 is 34.0. The molecule has 0 aromatic rings. The number of ether oxygens (including phenoxy) is 2. The molecule has 0 rings (SSSR count). The number of hydrogen-bond donors (Lipinski definition) is 0. The molecular formula is C50H92NO8P. The third kappa shape index (κ3) is 45.5. The number of rotatable bonds is 44. The maximum atomic E-state index is 12.7. The number of allylic oxidation sites excluding steroid dienone is 8. The second kappa shape index (κ2) is 42.3. The van der Waals surface area contributed by atoms with Crippen molar-refractivity contribution in [3.63, 3.8) is 0 Å². The third-order valence-corrected chi connectivity index (χ3v) is 11.3. The van der Waals surface area contributed by atoms with Crippen molar-refractivity contribution in [1.82, 2.24) is 0 Å². The first kappa shape index (κ1) is 58.0. The lowest BCUT2D eigenvalue weighted by Gasteiger charge is -2.28. The van der Waals surface area contributed by atoms with Crippen LogP contribution in [0, 0.1) is 0 Å². The summed E-state index contributed by atoms with van der Waals surface area (Å²) in [7, 11) is 1.16. The van der Waals surface area contributed by atoms with Crippen LogP contribution in [0.1, 0.15) is 206 Å². The van der Waals surface area contributed by atoms with Gasteiger partial charge in [-0.05, 0) is 77.0 Å². The molecule has 0 N–H and O–H groups in total. The van der Waals surface area contributed by atoms with Crippen LogP contribution in [0.5, 0.6) is 0 Å². The number of likely N-dealkylation sites (N-methyl/N-ethyl adjacent to an activating group) is 1. The van der Waals surface area contributed by atoms with E-state index >= 15 is 0 Å². The van der Waals surface area contributed by atoms with Crippen molar-refractivity contribution >= 4 is 19.8 Å². The Balaban J connectivity index is 4.31. The predicted molar refractivity (Wildman–Crippen MR) is 250 cm³/mol. The average Bonchev–Trinajstić information content (AvgIpc) is 3.20. The molecule has 0 amide bonds. The van der Waals surface area contributed by atoms with Gasteiger partial charge in [0.05, 0.1) is 27.7 Å². The highest BCUT2D eigenvalue weighted by atomic mass is 31.2. The third-order valence-electron chi connectivity index (χ3n) is 10.3. The average molecular weight is 866 g/mol. The summed E-state index contributed by atoms with van der Waals surface area (Å²) in [6.45, 7) is 4.17. The molecule has 0 heterocycles. The summed E-state index contributed by atoms with van der Waals surface area (Å²) in [5, 5.41) is 0. The number of phosphoric acid groups is 1. The molecule has 0 aromatic carbocycles. The van der Waals surface area contributed by atoms with Crippen molar-refractivity contribution in [3.8, 4) is 0 Å². The molecule has 10 heteroatoms. The topological polar surface area (TPSA) is 111 Å². The SMILES string of the molecule is CCCCC/C=C\C/C=C\CCCCCCCCCCCC(=O)O[C@H](COC(=O)CCCCCCCCC/C=C\C/C=C\CCCCC)COP(=O)([O-])OCC[N+](C)(C)C. The first-order valence-corrected chi connectivity index (χ1v) is 25.8. The Labute approximate surface area is 369 Å². The molecule has 60 heavy (non-hydrogen) atoms.